The Balaban J connectivity index is 1.75. The molecule has 0 atom stereocenters. The highest BCUT2D eigenvalue weighted by molar-refractivity contribution is 5.78. The van der Waals surface area contributed by atoms with E-state index >= 15 is 0 Å². The molecule has 0 aromatic heterocycles. The molecule has 27 heavy (non-hydrogen) atoms. The number of nitrogens with one attached hydrogen (secondary N) is 1. The van der Waals surface area contributed by atoms with E-state index in [9.17, 15) is 4.79 Å². The van der Waals surface area contributed by atoms with Gasteiger partial charge in [0.05, 0.1) is 14.2 Å². The molecule has 1 aromatic rings. The Hall–Kier alpha value is -1.79. The molecule has 1 amide bonds. The van der Waals surface area contributed by atoms with Gasteiger partial charge in [-0.25, -0.2) is 0 Å². The van der Waals surface area contributed by atoms with Crippen LogP contribution in [0.1, 0.15) is 32.3 Å². The molecule has 0 saturated carbocycles. The van der Waals surface area contributed by atoms with Gasteiger partial charge in [0.25, 0.3) is 0 Å². The lowest BCUT2D eigenvalue weighted by atomic mass is 9.95. The Labute approximate surface area is 163 Å². The molecule has 1 N–H and O–H groups in total. The van der Waals surface area contributed by atoms with E-state index in [0.717, 1.165) is 70.2 Å². The van der Waals surface area contributed by atoms with Crippen molar-refractivity contribution in [3.05, 3.63) is 23.8 Å². The Kier molecular flexibility index (Phi) is 8.88. The number of carbonyl (C=O) groups is 1. The van der Waals surface area contributed by atoms with Crippen molar-refractivity contribution in [1.29, 1.82) is 0 Å². The van der Waals surface area contributed by atoms with E-state index in [1.165, 1.54) is 5.56 Å². The van der Waals surface area contributed by atoms with Crippen LogP contribution in [0.3, 0.4) is 0 Å². The normalized spacial score (nSPS) is 15.7. The van der Waals surface area contributed by atoms with Gasteiger partial charge >= 0.3 is 0 Å². The minimum absolute atomic E-state index is 0.142. The van der Waals surface area contributed by atoms with Gasteiger partial charge in [-0.05, 0) is 56.7 Å². The number of piperidine rings is 1. The van der Waals surface area contributed by atoms with Crippen LogP contribution in [-0.4, -0.2) is 69.2 Å². The van der Waals surface area contributed by atoms with Gasteiger partial charge in [0, 0.05) is 25.6 Å². The lowest BCUT2D eigenvalue weighted by Gasteiger charge is -2.31. The molecule has 6 heteroatoms. The summed E-state index contributed by atoms with van der Waals surface area (Å²) >= 11 is 0. The van der Waals surface area contributed by atoms with E-state index in [2.05, 4.69) is 35.0 Å². The fraction of sp³-hybridized carbons (Fsp3) is 0.667. The molecule has 6 nitrogen and oxygen atoms in total. The molecule has 0 spiro atoms. The first-order chi connectivity index (χ1) is 13.1. The number of nitrogens with zero attached hydrogens (tertiary/aromatic N) is 2. The van der Waals surface area contributed by atoms with Crippen LogP contribution >= 0.6 is 0 Å². The van der Waals surface area contributed by atoms with Crippen LogP contribution in [0.5, 0.6) is 11.5 Å². The van der Waals surface area contributed by atoms with Gasteiger partial charge in [0.15, 0.2) is 11.5 Å². The zero-order valence-electron chi connectivity index (χ0n) is 17.3. The van der Waals surface area contributed by atoms with E-state index < -0.39 is 0 Å². The first kappa shape index (κ1) is 21.5. The number of benzene rings is 1. The Morgan fingerprint density at radius 2 is 1.81 bits per heavy atom. The van der Waals surface area contributed by atoms with Crippen molar-refractivity contribution in [3.8, 4) is 11.5 Å². The first-order valence-electron chi connectivity index (χ1n) is 10.0. The second-order valence-electron chi connectivity index (χ2n) is 7.06. The van der Waals surface area contributed by atoms with Gasteiger partial charge in [-0.15, -0.1) is 0 Å². The zero-order chi connectivity index (χ0) is 19.6. The van der Waals surface area contributed by atoms with Crippen LogP contribution < -0.4 is 14.8 Å². The Morgan fingerprint density at radius 3 is 2.41 bits per heavy atom. The molecule has 2 rings (SSSR count). The summed E-state index contributed by atoms with van der Waals surface area (Å²) in [5, 5.41) is 3.11. The third-order valence-electron chi connectivity index (χ3n) is 5.43. The summed E-state index contributed by atoms with van der Waals surface area (Å²) in [6.45, 7) is 10.8. The number of ether oxygens (including phenoxy) is 2. The minimum atomic E-state index is 0.142. The van der Waals surface area contributed by atoms with Crippen molar-refractivity contribution in [1.82, 2.24) is 15.1 Å². The highest BCUT2D eigenvalue weighted by atomic mass is 16.5. The summed E-state index contributed by atoms with van der Waals surface area (Å²) in [6, 6.07) is 6.06. The average Bonchev–Trinajstić information content (AvgIpc) is 2.71. The van der Waals surface area contributed by atoms with Gasteiger partial charge in [-0.2, -0.15) is 0 Å². The van der Waals surface area contributed by atoms with Crippen LogP contribution in [0.4, 0.5) is 0 Å². The number of carbonyl (C=O) groups excluding carboxylic acids is 1. The Morgan fingerprint density at radius 1 is 1.15 bits per heavy atom. The fourth-order valence-corrected chi connectivity index (χ4v) is 3.61. The number of likely N-dealkylation sites (tertiary alicyclic amines) is 1. The molecular weight excluding hydrogens is 342 g/mol. The summed E-state index contributed by atoms with van der Waals surface area (Å²) < 4.78 is 10.7. The molecule has 1 aromatic carbocycles. The second-order valence-corrected chi connectivity index (χ2v) is 7.06. The maximum Gasteiger partial charge on any atom is 0.223 e. The third-order valence-corrected chi connectivity index (χ3v) is 5.43. The van der Waals surface area contributed by atoms with Crippen LogP contribution in [0.25, 0.3) is 0 Å². The molecule has 1 saturated heterocycles. The predicted octanol–water partition coefficient (Wildman–Crippen LogP) is 2.37. The molecule has 1 fully saturated rings. The van der Waals surface area contributed by atoms with Gasteiger partial charge in [-0.3, -0.25) is 9.69 Å². The average molecular weight is 378 g/mol. The monoisotopic (exact) mass is 377 g/mol. The summed E-state index contributed by atoms with van der Waals surface area (Å²) in [7, 11) is 3.31. The van der Waals surface area contributed by atoms with Crippen molar-refractivity contribution in [2.45, 2.75) is 33.2 Å². The van der Waals surface area contributed by atoms with E-state index in [1.54, 1.807) is 14.2 Å². The molecule has 0 bridgehead atoms. The zero-order valence-corrected chi connectivity index (χ0v) is 17.3. The molecule has 1 aliphatic rings. The highest BCUT2D eigenvalue weighted by Gasteiger charge is 2.25. The van der Waals surface area contributed by atoms with Gasteiger partial charge < -0.3 is 19.7 Å². The molecule has 0 unspecified atom stereocenters. The summed E-state index contributed by atoms with van der Waals surface area (Å²) in [5.74, 6) is 1.87. The van der Waals surface area contributed by atoms with E-state index in [-0.39, 0.29) is 11.8 Å². The lowest BCUT2D eigenvalue weighted by Crippen LogP contribution is -2.42. The fourth-order valence-electron chi connectivity index (χ4n) is 3.61. The topological polar surface area (TPSA) is 54.0 Å². The smallest absolute Gasteiger partial charge is 0.223 e. The molecule has 0 radical (unpaired) electrons. The second kappa shape index (κ2) is 11.1. The van der Waals surface area contributed by atoms with Crippen molar-refractivity contribution in [3.63, 3.8) is 0 Å². The van der Waals surface area contributed by atoms with E-state index in [1.807, 2.05) is 12.1 Å². The Bertz CT molecular complexity index is 582. The van der Waals surface area contributed by atoms with Crippen LogP contribution in [0.2, 0.25) is 0 Å². The van der Waals surface area contributed by atoms with Gasteiger partial charge in [-0.1, -0.05) is 19.9 Å². The summed E-state index contributed by atoms with van der Waals surface area (Å²) in [4.78, 5) is 17.1. The van der Waals surface area contributed by atoms with Crippen molar-refractivity contribution in [2.75, 3.05) is 53.5 Å². The van der Waals surface area contributed by atoms with Crippen LogP contribution in [0, 0.1) is 5.92 Å². The lowest BCUT2D eigenvalue weighted by molar-refractivity contribution is -0.126. The minimum Gasteiger partial charge on any atom is -0.493 e. The number of methoxy groups -OCH3 is 2. The summed E-state index contributed by atoms with van der Waals surface area (Å²) in [5.41, 5.74) is 1.20. The number of rotatable bonds is 10. The molecule has 1 aliphatic heterocycles. The number of amides is 1. The molecular formula is C21H35N3O3. The SMILES string of the molecule is CCN(CC)CCNC(=O)C1CCN(Cc2ccc(OC)c(OC)c2)CC1. The largest absolute Gasteiger partial charge is 0.493 e. The van der Waals surface area contributed by atoms with Crippen LogP contribution in [-0.2, 0) is 11.3 Å². The molecule has 0 aliphatic carbocycles. The highest BCUT2D eigenvalue weighted by Crippen LogP contribution is 2.28. The first-order valence-corrected chi connectivity index (χ1v) is 10.0. The maximum atomic E-state index is 12.4. The number of likely N-dealkylation sites (N-methyl/N-ethyl adjacent to an activating group) is 1. The van der Waals surface area contributed by atoms with Crippen molar-refractivity contribution in [2.24, 2.45) is 5.92 Å². The van der Waals surface area contributed by atoms with Crippen LogP contribution in [0.15, 0.2) is 18.2 Å². The van der Waals surface area contributed by atoms with E-state index in [4.69, 9.17) is 9.47 Å². The van der Waals surface area contributed by atoms with Crippen molar-refractivity contribution < 1.29 is 14.3 Å². The quantitative estimate of drug-likeness (QED) is 0.678. The number of hydrogen-bond donors (Lipinski definition) is 1. The third kappa shape index (κ3) is 6.40. The predicted molar refractivity (Wildman–Crippen MR) is 108 cm³/mol. The maximum absolute atomic E-state index is 12.4. The molecule has 152 valence electrons. The summed E-state index contributed by atoms with van der Waals surface area (Å²) in [6.07, 6.45) is 1.84. The number of hydrogen-bond acceptors (Lipinski definition) is 5. The molecule has 1 heterocycles. The standard InChI is InChI=1S/C21H35N3O3/c1-5-23(6-2)14-11-22-21(25)18-9-12-24(13-10-18)16-17-7-8-19(26-3)20(15-17)27-4/h7-8,15,18H,5-6,9-14,16H2,1-4H3,(H,22,25). The van der Waals surface area contributed by atoms with Gasteiger partial charge in [0.1, 0.15) is 0 Å². The van der Waals surface area contributed by atoms with E-state index in [0.29, 0.717) is 0 Å². The van der Waals surface area contributed by atoms with Gasteiger partial charge in [0.2, 0.25) is 5.91 Å². The van der Waals surface area contributed by atoms with Crippen molar-refractivity contribution >= 4 is 5.91 Å².